The molecular formula is C5H9BN. The van der Waals surface area contributed by atoms with Gasteiger partial charge < -0.3 is 0 Å². The van der Waals surface area contributed by atoms with E-state index in [2.05, 4.69) is 5.32 Å². The molecule has 0 aromatic carbocycles. The molecule has 0 heterocycles. The molecule has 0 spiro atoms. The number of hydrogen-bond donors (Lipinski definition) is 1. The van der Waals surface area contributed by atoms with Crippen LogP contribution in [0.5, 0.6) is 0 Å². The molecule has 0 rings (SSSR count). The van der Waals surface area contributed by atoms with Crippen LogP contribution in [-0.2, 0) is 0 Å². The van der Waals surface area contributed by atoms with E-state index in [0.717, 1.165) is 5.57 Å². The summed E-state index contributed by atoms with van der Waals surface area (Å²) in [5, 5.41) is 2.85. The van der Waals surface area contributed by atoms with E-state index in [1.165, 1.54) is 0 Å². The molecule has 0 aromatic heterocycles. The molecule has 0 unspecified atom stereocenters. The monoisotopic (exact) mass is 94.1 g/mol. The minimum absolute atomic E-state index is 1.04. The van der Waals surface area contributed by atoms with E-state index in [4.69, 9.17) is 7.49 Å². The Bertz CT molecular complexity index is 86.1. The summed E-state index contributed by atoms with van der Waals surface area (Å²) in [6, 6.07) is 0. The van der Waals surface area contributed by atoms with Gasteiger partial charge in [-0.05, 0) is 0 Å². The van der Waals surface area contributed by atoms with Crippen LogP contribution in [0.2, 0.25) is 0 Å². The van der Waals surface area contributed by atoms with Crippen molar-refractivity contribution >= 4 is 13.5 Å². The molecule has 0 aliphatic carbocycles. The van der Waals surface area contributed by atoms with E-state index >= 15 is 0 Å². The molecule has 7 heavy (non-hydrogen) atoms. The standard InChI is InChI=1S/C5H9BN/c1-5(3-6)4-7-2/h3-4,7H,1-2H3/b5-4-. The van der Waals surface area contributed by atoms with Gasteiger partial charge in [0.2, 0.25) is 0 Å². The van der Waals surface area contributed by atoms with Crippen molar-refractivity contribution in [2.24, 2.45) is 0 Å². The Morgan fingerprint density at radius 1 is 1.71 bits per heavy atom. The number of nitrogens with one attached hydrogen (secondary N) is 1. The number of rotatable bonds is 2. The van der Waals surface area contributed by atoms with E-state index < -0.39 is 0 Å². The summed E-state index contributed by atoms with van der Waals surface area (Å²) >= 11 is 0. The van der Waals surface area contributed by atoms with E-state index in [1.54, 1.807) is 5.97 Å². The van der Waals surface area contributed by atoms with Crippen LogP contribution in [-0.4, -0.2) is 20.5 Å². The first-order valence-corrected chi connectivity index (χ1v) is 2.20. The van der Waals surface area contributed by atoms with Crippen LogP contribution in [0.15, 0.2) is 11.8 Å². The second kappa shape index (κ2) is 3.66. The molecule has 0 amide bonds. The van der Waals surface area contributed by atoms with Gasteiger partial charge in [-0.15, -0.1) is 0 Å². The molecule has 0 aliphatic heterocycles. The van der Waals surface area contributed by atoms with Gasteiger partial charge in [-0.3, -0.25) is 0 Å². The number of allylic oxidation sites excluding steroid dienone is 1. The molecule has 0 aromatic rings. The summed E-state index contributed by atoms with van der Waals surface area (Å²) in [6.07, 6.45) is 1.83. The molecule has 1 radical (unpaired) electrons. The summed E-state index contributed by atoms with van der Waals surface area (Å²) in [4.78, 5) is 0. The third-order valence-electron chi connectivity index (χ3n) is 0.635. The topological polar surface area (TPSA) is 12.0 Å². The van der Waals surface area contributed by atoms with Gasteiger partial charge in [0, 0.05) is 0 Å². The van der Waals surface area contributed by atoms with Gasteiger partial charge in [0.1, 0.15) is 0 Å². The Hall–Kier alpha value is -0.525. The van der Waals surface area contributed by atoms with E-state index in [1.807, 2.05) is 20.2 Å². The van der Waals surface area contributed by atoms with Crippen molar-refractivity contribution in [3.05, 3.63) is 11.8 Å². The van der Waals surface area contributed by atoms with Crippen LogP contribution in [0.3, 0.4) is 0 Å². The fourth-order valence-electron chi connectivity index (χ4n) is 0.276. The van der Waals surface area contributed by atoms with Gasteiger partial charge in [-0.2, -0.15) is 0 Å². The van der Waals surface area contributed by atoms with E-state index in [-0.39, 0.29) is 0 Å². The van der Waals surface area contributed by atoms with Crippen molar-refractivity contribution < 1.29 is 0 Å². The zero-order valence-corrected chi connectivity index (χ0v) is 4.73. The summed E-state index contributed by atoms with van der Waals surface area (Å²) in [5.41, 5.74) is 1.04. The first kappa shape index (κ1) is 6.47. The van der Waals surface area contributed by atoms with Gasteiger partial charge in [0.25, 0.3) is 0 Å². The summed E-state index contributed by atoms with van der Waals surface area (Å²) < 4.78 is 0. The van der Waals surface area contributed by atoms with Gasteiger partial charge in [-0.1, -0.05) is 0 Å². The van der Waals surface area contributed by atoms with E-state index in [9.17, 15) is 0 Å². The van der Waals surface area contributed by atoms with Crippen molar-refractivity contribution in [3.8, 4) is 0 Å². The van der Waals surface area contributed by atoms with Gasteiger partial charge in [-0.25, -0.2) is 0 Å². The maximum absolute atomic E-state index is 5.12. The Morgan fingerprint density at radius 3 is 2.43 bits per heavy atom. The molecule has 0 saturated heterocycles. The van der Waals surface area contributed by atoms with Crippen molar-refractivity contribution in [1.29, 1.82) is 0 Å². The Balaban J connectivity index is 3.49. The Morgan fingerprint density at radius 2 is 2.29 bits per heavy atom. The van der Waals surface area contributed by atoms with Crippen LogP contribution in [0.25, 0.3) is 0 Å². The van der Waals surface area contributed by atoms with Crippen molar-refractivity contribution in [2.45, 2.75) is 6.92 Å². The molecule has 0 bridgehead atoms. The second-order valence-electron chi connectivity index (χ2n) is 1.34. The van der Waals surface area contributed by atoms with E-state index in [0.29, 0.717) is 0 Å². The van der Waals surface area contributed by atoms with Gasteiger partial charge in [0.15, 0.2) is 0 Å². The average Bonchev–Trinajstić information content (AvgIpc) is 1.68. The zero-order valence-electron chi connectivity index (χ0n) is 4.73. The molecule has 0 fully saturated rings. The van der Waals surface area contributed by atoms with Crippen LogP contribution < -0.4 is 5.32 Å². The molecule has 1 nitrogen and oxygen atoms in total. The second-order valence-corrected chi connectivity index (χ2v) is 1.34. The summed E-state index contributed by atoms with van der Waals surface area (Å²) in [7, 11) is 6.97. The number of hydrogen-bond acceptors (Lipinski definition) is 1. The summed E-state index contributed by atoms with van der Waals surface area (Å²) in [6.45, 7) is 1.93. The van der Waals surface area contributed by atoms with Crippen molar-refractivity contribution in [2.75, 3.05) is 7.05 Å². The maximum atomic E-state index is 5.12. The zero-order chi connectivity index (χ0) is 5.70. The fraction of sp³-hybridized carbons (Fsp3) is 0.400. The normalized spacial score (nSPS) is 10.7. The molecule has 1 N–H and O–H groups in total. The first-order chi connectivity index (χ1) is 3.31. The molecule has 0 saturated carbocycles. The predicted molar refractivity (Wildman–Crippen MR) is 34.6 cm³/mol. The molecular weight excluding hydrogens is 84.9 g/mol. The summed E-state index contributed by atoms with van der Waals surface area (Å²) in [5.74, 6) is 1.55. The molecule has 0 atom stereocenters. The van der Waals surface area contributed by atoms with Crippen molar-refractivity contribution in [1.82, 2.24) is 5.32 Å². The first-order valence-electron chi connectivity index (χ1n) is 2.20. The van der Waals surface area contributed by atoms with Crippen LogP contribution >= 0.6 is 0 Å². The third-order valence-corrected chi connectivity index (χ3v) is 0.635. The molecule has 2 heteroatoms. The van der Waals surface area contributed by atoms with Gasteiger partial charge >= 0.3 is 44.5 Å². The third kappa shape index (κ3) is 3.30. The average molecular weight is 93.9 g/mol. The quantitative estimate of drug-likeness (QED) is 0.478. The van der Waals surface area contributed by atoms with Crippen LogP contribution in [0.1, 0.15) is 6.92 Å². The predicted octanol–water partition coefficient (Wildman–Crippen LogP) is 0.0803. The van der Waals surface area contributed by atoms with Crippen LogP contribution in [0, 0.1) is 0 Å². The molecule has 0 aliphatic rings. The Labute approximate surface area is 45.5 Å². The SMILES string of the molecule is [B]=C/C(C)=C\NC. The fourth-order valence-corrected chi connectivity index (χ4v) is 0.276. The van der Waals surface area contributed by atoms with Crippen molar-refractivity contribution in [3.63, 3.8) is 0 Å². The Kier molecular flexibility index (Phi) is 3.38. The van der Waals surface area contributed by atoms with Gasteiger partial charge in [0.05, 0.1) is 0 Å². The minimum atomic E-state index is 1.04. The molecule has 37 valence electrons. The van der Waals surface area contributed by atoms with Crippen LogP contribution in [0.4, 0.5) is 0 Å².